The van der Waals surface area contributed by atoms with E-state index < -0.39 is 0 Å². The third-order valence-electron chi connectivity index (χ3n) is 1.72. The lowest BCUT2D eigenvalue weighted by Gasteiger charge is -1.94. The second kappa shape index (κ2) is 3.16. The lowest BCUT2D eigenvalue weighted by Crippen LogP contribution is -1.89. The van der Waals surface area contributed by atoms with Gasteiger partial charge in [-0.25, -0.2) is 9.50 Å². The molecule has 0 saturated carbocycles. The van der Waals surface area contributed by atoms with E-state index in [0.717, 1.165) is 12.2 Å². The maximum atomic E-state index is 5.91. The molecule has 2 heterocycles. The first-order valence-corrected chi connectivity index (χ1v) is 4.67. The number of halogens is 2. The monoisotopic (exact) mass is 215 g/mol. The molecule has 2 rings (SSSR count). The Morgan fingerprint density at radius 2 is 2.15 bits per heavy atom. The number of hydrogen-bond donors (Lipinski definition) is 0. The maximum Gasteiger partial charge on any atom is 0.158 e. The van der Waals surface area contributed by atoms with Crippen LogP contribution in [0.25, 0.3) is 5.65 Å². The minimum Gasteiger partial charge on any atom is -0.212 e. The summed E-state index contributed by atoms with van der Waals surface area (Å²) in [7, 11) is 0. The largest absolute Gasteiger partial charge is 0.212 e. The van der Waals surface area contributed by atoms with Gasteiger partial charge in [0.05, 0.1) is 0 Å². The molecule has 0 aliphatic rings. The lowest BCUT2D eigenvalue weighted by atomic mass is 10.4. The van der Waals surface area contributed by atoms with E-state index in [-0.39, 0.29) is 0 Å². The molecule has 5 heteroatoms. The van der Waals surface area contributed by atoms with Crippen LogP contribution in [0.4, 0.5) is 0 Å². The van der Waals surface area contributed by atoms with Crippen LogP contribution in [0.3, 0.4) is 0 Å². The molecule has 0 spiro atoms. The predicted molar refractivity (Wildman–Crippen MR) is 52.4 cm³/mol. The summed E-state index contributed by atoms with van der Waals surface area (Å²) < 4.78 is 1.58. The highest BCUT2D eigenvalue weighted by molar-refractivity contribution is 6.34. The van der Waals surface area contributed by atoms with E-state index in [0.29, 0.717) is 15.8 Å². The van der Waals surface area contributed by atoms with Crippen molar-refractivity contribution >= 4 is 28.8 Å². The van der Waals surface area contributed by atoms with Crippen molar-refractivity contribution in [3.8, 4) is 0 Å². The molecule has 0 unspecified atom stereocenters. The molecule has 13 heavy (non-hydrogen) atoms. The third-order valence-corrected chi connectivity index (χ3v) is 2.21. The fourth-order valence-corrected chi connectivity index (χ4v) is 1.61. The smallest absolute Gasteiger partial charge is 0.158 e. The number of fused-ring (bicyclic) bond motifs is 1. The molecule has 0 aliphatic heterocycles. The van der Waals surface area contributed by atoms with Crippen LogP contribution < -0.4 is 0 Å². The summed E-state index contributed by atoms with van der Waals surface area (Å²) >= 11 is 11.7. The van der Waals surface area contributed by atoms with Crippen LogP contribution >= 0.6 is 23.2 Å². The van der Waals surface area contributed by atoms with Gasteiger partial charge in [0.25, 0.3) is 0 Å². The van der Waals surface area contributed by atoms with E-state index in [1.54, 1.807) is 16.6 Å². The number of rotatable bonds is 1. The standard InChI is InChI=1S/C8H7Cl2N3/c1-2-7-11-8-4-5(9)3-6(10)13(8)12-7/h3-4H,2H2,1H3. The molecule has 0 saturated heterocycles. The molecule has 0 radical (unpaired) electrons. The average molecular weight is 216 g/mol. The van der Waals surface area contributed by atoms with Crippen LogP contribution in [0.5, 0.6) is 0 Å². The van der Waals surface area contributed by atoms with E-state index >= 15 is 0 Å². The van der Waals surface area contributed by atoms with Crippen LogP contribution in [-0.4, -0.2) is 14.6 Å². The molecule has 2 aromatic heterocycles. The van der Waals surface area contributed by atoms with Gasteiger partial charge in [0.2, 0.25) is 0 Å². The Hall–Kier alpha value is -0.800. The van der Waals surface area contributed by atoms with Gasteiger partial charge in [0.1, 0.15) is 5.15 Å². The number of hydrogen-bond acceptors (Lipinski definition) is 2. The molecule has 68 valence electrons. The van der Waals surface area contributed by atoms with Crippen LogP contribution in [0.15, 0.2) is 12.1 Å². The number of aromatic nitrogens is 3. The highest BCUT2D eigenvalue weighted by atomic mass is 35.5. The molecular weight excluding hydrogens is 209 g/mol. The molecule has 0 amide bonds. The molecule has 3 nitrogen and oxygen atoms in total. The Morgan fingerprint density at radius 3 is 2.85 bits per heavy atom. The van der Waals surface area contributed by atoms with Crippen molar-refractivity contribution in [1.29, 1.82) is 0 Å². The maximum absolute atomic E-state index is 5.91. The average Bonchev–Trinajstić information content (AvgIpc) is 2.47. The van der Waals surface area contributed by atoms with Crippen LogP contribution in [-0.2, 0) is 6.42 Å². The Labute approximate surface area is 85.3 Å². The van der Waals surface area contributed by atoms with Crippen molar-refractivity contribution in [1.82, 2.24) is 14.6 Å². The van der Waals surface area contributed by atoms with E-state index in [1.807, 2.05) is 6.92 Å². The fraction of sp³-hybridized carbons (Fsp3) is 0.250. The molecule has 0 N–H and O–H groups in total. The highest BCUT2D eigenvalue weighted by Gasteiger charge is 2.05. The molecule has 0 fully saturated rings. The molecule has 0 aromatic carbocycles. The minimum absolute atomic E-state index is 0.481. The zero-order valence-corrected chi connectivity index (χ0v) is 8.47. The topological polar surface area (TPSA) is 30.2 Å². The summed E-state index contributed by atoms with van der Waals surface area (Å²) in [5.41, 5.74) is 0.689. The molecular formula is C8H7Cl2N3. The van der Waals surface area contributed by atoms with Gasteiger partial charge in [-0.3, -0.25) is 0 Å². The SMILES string of the molecule is CCc1nc2cc(Cl)cc(Cl)n2n1. The van der Waals surface area contributed by atoms with Gasteiger partial charge >= 0.3 is 0 Å². The van der Waals surface area contributed by atoms with Crippen LogP contribution in [0.2, 0.25) is 10.2 Å². The van der Waals surface area contributed by atoms with Crippen LogP contribution in [0, 0.1) is 0 Å². The quantitative estimate of drug-likeness (QED) is 0.685. The number of nitrogens with zero attached hydrogens (tertiary/aromatic N) is 3. The van der Waals surface area contributed by atoms with Gasteiger partial charge in [-0.15, -0.1) is 5.10 Å². The van der Waals surface area contributed by atoms with E-state index in [1.165, 1.54) is 0 Å². The van der Waals surface area contributed by atoms with Gasteiger partial charge in [0.15, 0.2) is 11.5 Å². The lowest BCUT2D eigenvalue weighted by molar-refractivity contribution is 0.886. The second-order valence-electron chi connectivity index (χ2n) is 2.65. The molecule has 0 aliphatic carbocycles. The fourth-order valence-electron chi connectivity index (χ4n) is 1.11. The number of aryl methyl sites for hydroxylation is 1. The first-order chi connectivity index (χ1) is 6.20. The van der Waals surface area contributed by atoms with Gasteiger partial charge in [-0.1, -0.05) is 30.1 Å². The van der Waals surface area contributed by atoms with Crippen molar-refractivity contribution in [3.05, 3.63) is 28.1 Å². The Balaban J connectivity index is 2.75. The summed E-state index contributed by atoms with van der Waals surface area (Å²) in [5.74, 6) is 0.768. The van der Waals surface area contributed by atoms with Crippen molar-refractivity contribution in [3.63, 3.8) is 0 Å². The molecule has 0 atom stereocenters. The Kier molecular flexibility index (Phi) is 2.14. The minimum atomic E-state index is 0.481. The van der Waals surface area contributed by atoms with Crippen molar-refractivity contribution < 1.29 is 0 Å². The van der Waals surface area contributed by atoms with Gasteiger partial charge in [-0.2, -0.15) is 0 Å². The van der Waals surface area contributed by atoms with Crippen molar-refractivity contribution in [2.45, 2.75) is 13.3 Å². The Bertz CT molecular complexity index is 450. The predicted octanol–water partition coefficient (Wildman–Crippen LogP) is 2.60. The van der Waals surface area contributed by atoms with Gasteiger partial charge in [0, 0.05) is 17.5 Å². The van der Waals surface area contributed by atoms with E-state index in [2.05, 4.69) is 10.1 Å². The van der Waals surface area contributed by atoms with Crippen LogP contribution in [0.1, 0.15) is 12.7 Å². The zero-order chi connectivity index (χ0) is 9.42. The van der Waals surface area contributed by atoms with Crippen molar-refractivity contribution in [2.75, 3.05) is 0 Å². The van der Waals surface area contributed by atoms with Gasteiger partial charge < -0.3 is 0 Å². The first-order valence-electron chi connectivity index (χ1n) is 3.91. The molecule has 2 aromatic rings. The molecule has 0 bridgehead atoms. The summed E-state index contributed by atoms with van der Waals surface area (Å²) in [6.07, 6.45) is 0.787. The summed E-state index contributed by atoms with van der Waals surface area (Å²) in [6.45, 7) is 1.99. The summed E-state index contributed by atoms with van der Waals surface area (Å²) in [4.78, 5) is 4.24. The third kappa shape index (κ3) is 1.49. The normalized spacial score (nSPS) is 11.0. The van der Waals surface area contributed by atoms with E-state index in [9.17, 15) is 0 Å². The first kappa shape index (κ1) is 8.78. The number of pyridine rings is 1. The van der Waals surface area contributed by atoms with E-state index in [4.69, 9.17) is 23.2 Å². The second-order valence-corrected chi connectivity index (χ2v) is 3.47. The summed E-state index contributed by atoms with van der Waals surface area (Å²) in [5, 5.41) is 5.24. The summed E-state index contributed by atoms with van der Waals surface area (Å²) in [6, 6.07) is 3.38. The van der Waals surface area contributed by atoms with Crippen molar-refractivity contribution in [2.24, 2.45) is 0 Å². The highest BCUT2D eigenvalue weighted by Crippen LogP contribution is 2.18. The van der Waals surface area contributed by atoms with Gasteiger partial charge in [-0.05, 0) is 6.07 Å². The Morgan fingerprint density at radius 1 is 1.38 bits per heavy atom. The zero-order valence-electron chi connectivity index (χ0n) is 6.96.